The summed E-state index contributed by atoms with van der Waals surface area (Å²) in [7, 11) is -6.60. The standard InChI is InChI=1S/C33H34N4O6S2/c1-23-20-24-10-3-5-14-29(24)37(23)45(41,42)27-12-9-11-25(21-27)33(38)34-26-16-17-30(36-18-7-8-19-36)32(22-26)44(39,40)35-28-13-4-6-15-31(28)43-2/h3-6,9-17,21-23,35H,7-8,18-20H2,1-2H3,(H,34,38)/t23-/m0/s1. The Labute approximate surface area is 263 Å². The number of methoxy groups -OCH3 is 1. The summed E-state index contributed by atoms with van der Waals surface area (Å²) in [5.74, 6) is -0.202. The van der Waals surface area contributed by atoms with E-state index >= 15 is 0 Å². The van der Waals surface area contributed by atoms with Crippen molar-refractivity contribution in [2.24, 2.45) is 0 Å². The Kier molecular flexibility index (Phi) is 8.19. The van der Waals surface area contributed by atoms with Crippen LogP contribution in [-0.2, 0) is 26.5 Å². The molecular weight excluding hydrogens is 613 g/mol. The van der Waals surface area contributed by atoms with Crippen molar-refractivity contribution < 1.29 is 26.4 Å². The zero-order valence-corrected chi connectivity index (χ0v) is 26.6. The van der Waals surface area contributed by atoms with Gasteiger partial charge >= 0.3 is 0 Å². The number of amides is 1. The van der Waals surface area contributed by atoms with Crippen molar-refractivity contribution in [3.05, 3.63) is 102 Å². The van der Waals surface area contributed by atoms with Crippen LogP contribution in [0.1, 0.15) is 35.7 Å². The summed E-state index contributed by atoms with van der Waals surface area (Å²) in [5, 5.41) is 2.76. The van der Waals surface area contributed by atoms with Crippen LogP contribution in [0.5, 0.6) is 5.75 Å². The number of anilines is 4. The van der Waals surface area contributed by atoms with Crippen molar-refractivity contribution in [2.45, 2.75) is 42.0 Å². The molecule has 0 unspecified atom stereocenters. The average molecular weight is 647 g/mol. The van der Waals surface area contributed by atoms with Gasteiger partial charge in [0.25, 0.3) is 26.0 Å². The minimum absolute atomic E-state index is 0.00567. The van der Waals surface area contributed by atoms with Gasteiger partial charge in [0.2, 0.25) is 0 Å². The number of ether oxygens (including phenoxy) is 1. The Morgan fingerprint density at radius 1 is 0.844 bits per heavy atom. The highest BCUT2D eigenvalue weighted by atomic mass is 32.2. The number of rotatable bonds is 9. The number of carbonyl (C=O) groups excluding carboxylic acids is 1. The molecule has 0 bridgehead atoms. The number of fused-ring (bicyclic) bond motifs is 1. The second kappa shape index (κ2) is 12.1. The molecule has 45 heavy (non-hydrogen) atoms. The zero-order valence-electron chi connectivity index (χ0n) is 24.9. The molecule has 2 N–H and O–H groups in total. The van der Waals surface area contributed by atoms with E-state index in [1.165, 1.54) is 41.7 Å². The summed E-state index contributed by atoms with van der Waals surface area (Å²) in [4.78, 5) is 15.4. The Morgan fingerprint density at radius 2 is 1.58 bits per heavy atom. The van der Waals surface area contributed by atoms with Gasteiger partial charge in [-0.3, -0.25) is 13.8 Å². The van der Waals surface area contributed by atoms with E-state index in [4.69, 9.17) is 4.74 Å². The molecule has 10 nitrogen and oxygen atoms in total. The number of para-hydroxylation sites is 3. The third kappa shape index (κ3) is 5.95. The Bertz CT molecular complexity index is 1970. The van der Waals surface area contributed by atoms with E-state index in [1.807, 2.05) is 24.0 Å². The van der Waals surface area contributed by atoms with E-state index in [-0.39, 0.29) is 32.8 Å². The first kappa shape index (κ1) is 30.5. The summed E-state index contributed by atoms with van der Waals surface area (Å²) in [5.41, 5.74) is 2.77. The lowest BCUT2D eigenvalue weighted by Crippen LogP contribution is -2.35. The second-order valence-electron chi connectivity index (χ2n) is 11.1. The molecule has 0 aliphatic carbocycles. The van der Waals surface area contributed by atoms with E-state index in [2.05, 4.69) is 10.0 Å². The lowest BCUT2D eigenvalue weighted by Gasteiger charge is -2.24. The Hall–Kier alpha value is -4.55. The van der Waals surface area contributed by atoms with E-state index in [0.717, 1.165) is 18.4 Å². The monoisotopic (exact) mass is 646 g/mol. The maximum Gasteiger partial charge on any atom is 0.264 e. The third-order valence-electron chi connectivity index (χ3n) is 8.10. The molecule has 2 aliphatic rings. The highest BCUT2D eigenvalue weighted by Gasteiger charge is 2.36. The molecule has 4 aromatic rings. The van der Waals surface area contributed by atoms with Crippen LogP contribution in [0.2, 0.25) is 0 Å². The first-order valence-corrected chi connectivity index (χ1v) is 17.6. The topological polar surface area (TPSA) is 125 Å². The summed E-state index contributed by atoms with van der Waals surface area (Å²) >= 11 is 0. The predicted octanol–water partition coefficient (Wildman–Crippen LogP) is 5.49. The first-order valence-electron chi connectivity index (χ1n) is 14.7. The summed E-state index contributed by atoms with van der Waals surface area (Å²) < 4.78 is 64.4. The number of benzene rings is 4. The number of hydrogen-bond acceptors (Lipinski definition) is 7. The highest BCUT2D eigenvalue weighted by Crippen LogP contribution is 2.37. The summed E-state index contributed by atoms with van der Waals surface area (Å²) in [6.07, 6.45) is 2.48. The lowest BCUT2D eigenvalue weighted by molar-refractivity contribution is 0.102. The van der Waals surface area contributed by atoms with Crippen molar-refractivity contribution in [1.82, 2.24) is 0 Å². The fourth-order valence-electron chi connectivity index (χ4n) is 5.97. The quantitative estimate of drug-likeness (QED) is 0.247. The van der Waals surface area contributed by atoms with Gasteiger partial charge in [0.1, 0.15) is 10.6 Å². The van der Waals surface area contributed by atoms with Crippen LogP contribution in [0.25, 0.3) is 0 Å². The largest absolute Gasteiger partial charge is 0.495 e. The number of hydrogen-bond donors (Lipinski definition) is 2. The van der Waals surface area contributed by atoms with Crippen LogP contribution >= 0.6 is 0 Å². The molecule has 234 valence electrons. The smallest absolute Gasteiger partial charge is 0.264 e. The highest BCUT2D eigenvalue weighted by molar-refractivity contribution is 7.93. The van der Waals surface area contributed by atoms with Crippen molar-refractivity contribution in [1.29, 1.82) is 0 Å². The lowest BCUT2D eigenvalue weighted by atomic mass is 10.1. The van der Waals surface area contributed by atoms with Gasteiger partial charge in [0.05, 0.1) is 29.1 Å². The molecule has 4 aromatic carbocycles. The Balaban J connectivity index is 1.30. The normalized spacial score (nSPS) is 16.4. The van der Waals surface area contributed by atoms with Crippen molar-refractivity contribution in [3.8, 4) is 5.75 Å². The fourth-order valence-corrected chi connectivity index (χ4v) is 9.03. The molecule has 1 atom stereocenters. The van der Waals surface area contributed by atoms with Gasteiger partial charge in [-0.1, -0.05) is 36.4 Å². The Morgan fingerprint density at radius 3 is 2.36 bits per heavy atom. The fraction of sp³-hybridized carbons (Fsp3) is 0.242. The van der Waals surface area contributed by atoms with Crippen LogP contribution in [0.3, 0.4) is 0 Å². The van der Waals surface area contributed by atoms with Crippen LogP contribution in [0.4, 0.5) is 22.7 Å². The van der Waals surface area contributed by atoms with E-state index in [9.17, 15) is 21.6 Å². The predicted molar refractivity (Wildman–Crippen MR) is 175 cm³/mol. The van der Waals surface area contributed by atoms with Gasteiger partial charge in [-0.2, -0.15) is 0 Å². The molecular formula is C33H34N4O6S2. The van der Waals surface area contributed by atoms with Crippen molar-refractivity contribution in [3.63, 3.8) is 0 Å². The van der Waals surface area contributed by atoms with E-state index in [1.54, 1.807) is 48.5 Å². The van der Waals surface area contributed by atoms with Crippen molar-refractivity contribution >= 4 is 48.7 Å². The molecule has 12 heteroatoms. The number of carbonyl (C=O) groups is 1. The summed E-state index contributed by atoms with van der Waals surface area (Å²) in [6.45, 7) is 3.28. The van der Waals surface area contributed by atoms with E-state index < -0.39 is 26.0 Å². The van der Waals surface area contributed by atoms with Gasteiger partial charge in [-0.15, -0.1) is 0 Å². The molecule has 2 heterocycles. The van der Waals surface area contributed by atoms with Crippen LogP contribution in [0.15, 0.2) is 101 Å². The van der Waals surface area contributed by atoms with Gasteiger partial charge in [0.15, 0.2) is 0 Å². The molecule has 1 fully saturated rings. The maximum atomic E-state index is 13.8. The number of nitrogens with zero attached hydrogens (tertiary/aromatic N) is 2. The third-order valence-corrected chi connectivity index (χ3v) is 11.4. The minimum Gasteiger partial charge on any atom is -0.495 e. The van der Waals surface area contributed by atoms with Gasteiger partial charge in [-0.05, 0) is 86.3 Å². The molecule has 1 saturated heterocycles. The minimum atomic E-state index is -4.11. The van der Waals surface area contributed by atoms with Crippen LogP contribution in [0, 0.1) is 0 Å². The molecule has 2 aliphatic heterocycles. The molecule has 0 aromatic heterocycles. The van der Waals surface area contributed by atoms with Crippen LogP contribution in [-0.4, -0.2) is 49.0 Å². The zero-order chi connectivity index (χ0) is 31.8. The number of nitrogens with one attached hydrogen (secondary N) is 2. The van der Waals surface area contributed by atoms with Gasteiger partial charge in [0, 0.05) is 30.4 Å². The number of sulfonamides is 2. The van der Waals surface area contributed by atoms with Crippen LogP contribution < -0.4 is 24.0 Å². The molecule has 6 rings (SSSR count). The molecule has 0 spiro atoms. The second-order valence-corrected chi connectivity index (χ2v) is 14.6. The molecule has 1 amide bonds. The van der Waals surface area contributed by atoms with E-state index in [0.29, 0.717) is 36.6 Å². The molecule has 0 saturated carbocycles. The SMILES string of the molecule is COc1ccccc1NS(=O)(=O)c1cc(NC(=O)c2cccc(S(=O)(=O)N3c4ccccc4C[C@@H]3C)c2)ccc1N1CCCC1. The van der Waals surface area contributed by atoms with Crippen molar-refractivity contribution in [2.75, 3.05) is 39.4 Å². The molecule has 0 radical (unpaired) electrons. The maximum absolute atomic E-state index is 13.8. The first-order chi connectivity index (χ1) is 21.6. The van der Waals surface area contributed by atoms with Gasteiger partial charge in [-0.25, -0.2) is 16.8 Å². The average Bonchev–Trinajstić information content (AvgIpc) is 3.69. The summed E-state index contributed by atoms with van der Waals surface area (Å²) in [6, 6.07) is 24.5. The van der Waals surface area contributed by atoms with Gasteiger partial charge < -0.3 is 15.0 Å².